The first-order valence-electron chi connectivity index (χ1n) is 6.30. The molecule has 0 aliphatic rings. The summed E-state index contributed by atoms with van der Waals surface area (Å²) in [5.41, 5.74) is -1.18. The predicted molar refractivity (Wildman–Crippen MR) is 77.6 cm³/mol. The van der Waals surface area contributed by atoms with Crippen LogP contribution in [0.5, 0.6) is 0 Å². The Hall–Kier alpha value is -1.57. The van der Waals surface area contributed by atoms with Crippen LogP contribution in [-0.2, 0) is 0 Å². The summed E-state index contributed by atoms with van der Waals surface area (Å²) < 4.78 is 26.5. The van der Waals surface area contributed by atoms with Gasteiger partial charge in [-0.2, -0.15) is 0 Å². The number of rotatable bonds is 6. The van der Waals surface area contributed by atoms with E-state index >= 15 is 0 Å². The van der Waals surface area contributed by atoms with E-state index in [0.29, 0.717) is 30.4 Å². The molecular formula is C13H15BrF2N2O3. The zero-order chi connectivity index (χ0) is 16.2. The summed E-state index contributed by atoms with van der Waals surface area (Å²) in [5.74, 6) is -3.32. The molecule has 0 unspecified atom stereocenters. The number of nitro groups is 1. The molecule has 5 nitrogen and oxygen atoms in total. The summed E-state index contributed by atoms with van der Waals surface area (Å²) in [7, 11) is 0. The molecule has 1 aromatic carbocycles. The Kier molecular flexibility index (Phi) is 6.19. The smallest absolute Gasteiger partial charge is 0.285 e. The Morgan fingerprint density at radius 3 is 2.43 bits per heavy atom. The number of nitrogens with zero attached hydrogens (tertiary/aromatic N) is 2. The second kappa shape index (κ2) is 7.44. The summed E-state index contributed by atoms with van der Waals surface area (Å²) in [5, 5.41) is 11.6. The lowest BCUT2D eigenvalue weighted by molar-refractivity contribution is -0.385. The second-order valence-corrected chi connectivity index (χ2v) is 5.47. The number of hydrogen-bond acceptors (Lipinski definition) is 3. The number of amides is 1. The SMILES string of the molecule is CC(C)N(CCCBr)C(=O)c1cc(F)c(F)cc1[N+](=O)[O-]. The number of halogens is 3. The Morgan fingerprint density at radius 1 is 1.38 bits per heavy atom. The van der Waals surface area contributed by atoms with Crippen molar-refractivity contribution in [2.24, 2.45) is 0 Å². The van der Waals surface area contributed by atoms with Crippen molar-refractivity contribution in [2.45, 2.75) is 26.3 Å². The van der Waals surface area contributed by atoms with E-state index in [2.05, 4.69) is 15.9 Å². The van der Waals surface area contributed by atoms with Crippen LogP contribution in [0, 0.1) is 21.7 Å². The molecular weight excluding hydrogens is 350 g/mol. The molecule has 21 heavy (non-hydrogen) atoms. The summed E-state index contributed by atoms with van der Waals surface area (Å²) in [6.45, 7) is 3.85. The van der Waals surface area contributed by atoms with Crippen molar-refractivity contribution < 1.29 is 18.5 Å². The van der Waals surface area contributed by atoms with E-state index in [9.17, 15) is 23.7 Å². The maximum atomic E-state index is 13.3. The van der Waals surface area contributed by atoms with Crippen molar-refractivity contribution in [3.8, 4) is 0 Å². The third-order valence-electron chi connectivity index (χ3n) is 2.88. The van der Waals surface area contributed by atoms with Gasteiger partial charge >= 0.3 is 0 Å². The number of alkyl halides is 1. The lowest BCUT2D eigenvalue weighted by atomic mass is 10.1. The van der Waals surface area contributed by atoms with Gasteiger partial charge in [-0.25, -0.2) is 8.78 Å². The molecule has 0 bridgehead atoms. The molecule has 0 aliphatic carbocycles. The van der Waals surface area contributed by atoms with Crippen LogP contribution >= 0.6 is 15.9 Å². The van der Waals surface area contributed by atoms with Crippen LogP contribution in [0.1, 0.15) is 30.6 Å². The first-order chi connectivity index (χ1) is 9.79. The maximum Gasteiger partial charge on any atom is 0.285 e. The number of benzene rings is 1. The molecule has 116 valence electrons. The van der Waals surface area contributed by atoms with Gasteiger partial charge in [0, 0.05) is 17.9 Å². The van der Waals surface area contributed by atoms with E-state index in [-0.39, 0.29) is 6.04 Å². The molecule has 0 aromatic heterocycles. The van der Waals surface area contributed by atoms with E-state index in [1.165, 1.54) is 4.90 Å². The molecule has 0 saturated carbocycles. The van der Waals surface area contributed by atoms with Crippen LogP contribution in [-0.4, -0.2) is 33.6 Å². The fourth-order valence-electron chi connectivity index (χ4n) is 1.84. The highest BCUT2D eigenvalue weighted by atomic mass is 79.9. The van der Waals surface area contributed by atoms with Gasteiger partial charge in [-0.15, -0.1) is 0 Å². The molecule has 0 fully saturated rings. The third kappa shape index (κ3) is 4.20. The van der Waals surface area contributed by atoms with Crippen molar-refractivity contribution >= 4 is 27.5 Å². The monoisotopic (exact) mass is 364 g/mol. The molecule has 0 spiro atoms. The van der Waals surface area contributed by atoms with Crippen molar-refractivity contribution in [1.29, 1.82) is 0 Å². The van der Waals surface area contributed by atoms with Gasteiger partial charge in [0.15, 0.2) is 11.6 Å². The Morgan fingerprint density at radius 2 is 1.95 bits per heavy atom. The molecule has 1 amide bonds. The minimum atomic E-state index is -1.35. The largest absolute Gasteiger partial charge is 0.336 e. The van der Waals surface area contributed by atoms with E-state index in [1.807, 2.05) is 0 Å². The molecule has 0 heterocycles. The van der Waals surface area contributed by atoms with Gasteiger partial charge in [0.1, 0.15) is 5.56 Å². The number of carbonyl (C=O) groups excluding carboxylic acids is 1. The van der Waals surface area contributed by atoms with Crippen LogP contribution in [0.15, 0.2) is 12.1 Å². The summed E-state index contributed by atoms with van der Waals surface area (Å²) in [6.07, 6.45) is 0.640. The van der Waals surface area contributed by atoms with Gasteiger partial charge < -0.3 is 4.90 Å². The Labute approximate surface area is 129 Å². The van der Waals surface area contributed by atoms with Gasteiger partial charge in [-0.05, 0) is 26.3 Å². The number of carbonyl (C=O) groups is 1. The lowest BCUT2D eigenvalue weighted by Crippen LogP contribution is -2.38. The van der Waals surface area contributed by atoms with Gasteiger partial charge in [-0.3, -0.25) is 14.9 Å². The third-order valence-corrected chi connectivity index (χ3v) is 3.44. The highest BCUT2D eigenvalue weighted by molar-refractivity contribution is 9.09. The lowest BCUT2D eigenvalue weighted by Gasteiger charge is -2.26. The maximum absolute atomic E-state index is 13.3. The zero-order valence-electron chi connectivity index (χ0n) is 11.6. The highest BCUT2D eigenvalue weighted by Gasteiger charge is 2.28. The zero-order valence-corrected chi connectivity index (χ0v) is 13.2. The van der Waals surface area contributed by atoms with Crippen molar-refractivity contribution in [2.75, 3.05) is 11.9 Å². The van der Waals surface area contributed by atoms with Crippen LogP contribution in [0.2, 0.25) is 0 Å². The van der Waals surface area contributed by atoms with Crippen LogP contribution in [0.25, 0.3) is 0 Å². The van der Waals surface area contributed by atoms with E-state index in [4.69, 9.17) is 0 Å². The van der Waals surface area contributed by atoms with Gasteiger partial charge in [-0.1, -0.05) is 15.9 Å². The van der Waals surface area contributed by atoms with Gasteiger partial charge in [0.2, 0.25) is 0 Å². The van der Waals surface area contributed by atoms with E-state index in [0.717, 1.165) is 0 Å². The van der Waals surface area contributed by atoms with Gasteiger partial charge in [0.05, 0.1) is 11.0 Å². The summed E-state index contributed by atoms with van der Waals surface area (Å²) >= 11 is 3.24. The van der Waals surface area contributed by atoms with Crippen molar-refractivity contribution in [3.63, 3.8) is 0 Å². The Bertz CT molecular complexity index is 552. The quantitative estimate of drug-likeness (QED) is 0.440. The number of nitro benzene ring substituents is 1. The molecule has 0 radical (unpaired) electrons. The van der Waals surface area contributed by atoms with Crippen molar-refractivity contribution in [1.82, 2.24) is 4.90 Å². The molecule has 1 rings (SSSR count). The topological polar surface area (TPSA) is 63.5 Å². The summed E-state index contributed by atoms with van der Waals surface area (Å²) in [6, 6.07) is 0.800. The highest BCUT2D eigenvalue weighted by Crippen LogP contribution is 2.24. The second-order valence-electron chi connectivity index (χ2n) is 4.68. The normalized spacial score (nSPS) is 10.8. The summed E-state index contributed by atoms with van der Waals surface area (Å²) in [4.78, 5) is 23.8. The molecule has 0 N–H and O–H groups in total. The standard InChI is InChI=1S/C13H15BrF2N2O3/c1-8(2)17(5-3-4-14)13(19)9-6-10(15)11(16)7-12(9)18(20)21/h6-8H,3-5H2,1-2H3. The van der Waals surface area contributed by atoms with Crippen LogP contribution in [0.4, 0.5) is 14.5 Å². The molecule has 1 aromatic rings. The molecule has 0 atom stereocenters. The fourth-order valence-corrected chi connectivity index (χ4v) is 2.09. The molecule has 8 heteroatoms. The van der Waals surface area contributed by atoms with E-state index < -0.39 is 33.7 Å². The molecule has 0 saturated heterocycles. The first kappa shape index (κ1) is 17.5. The number of hydrogen-bond donors (Lipinski definition) is 0. The minimum absolute atomic E-state index is 0.218. The van der Waals surface area contributed by atoms with Crippen LogP contribution < -0.4 is 0 Å². The Balaban J connectivity index is 3.26. The van der Waals surface area contributed by atoms with Gasteiger partial charge in [0.25, 0.3) is 11.6 Å². The van der Waals surface area contributed by atoms with Crippen molar-refractivity contribution in [3.05, 3.63) is 39.4 Å². The first-order valence-corrected chi connectivity index (χ1v) is 7.42. The van der Waals surface area contributed by atoms with Crippen LogP contribution in [0.3, 0.4) is 0 Å². The minimum Gasteiger partial charge on any atom is -0.336 e. The average molecular weight is 365 g/mol. The predicted octanol–water partition coefficient (Wildman–Crippen LogP) is 3.51. The fraction of sp³-hybridized carbons (Fsp3) is 0.462. The molecule has 0 aliphatic heterocycles. The average Bonchev–Trinajstić information content (AvgIpc) is 2.40. The van der Waals surface area contributed by atoms with E-state index in [1.54, 1.807) is 13.8 Å².